The summed E-state index contributed by atoms with van der Waals surface area (Å²) in [6, 6.07) is 9.72. The van der Waals surface area contributed by atoms with Gasteiger partial charge in [-0.25, -0.2) is 9.07 Å². The first-order valence-electron chi connectivity index (χ1n) is 10.3. The Balaban J connectivity index is 1.53. The van der Waals surface area contributed by atoms with E-state index in [9.17, 15) is 27.2 Å². The van der Waals surface area contributed by atoms with Crippen LogP contribution in [-0.2, 0) is 6.18 Å². The van der Waals surface area contributed by atoms with Crippen molar-refractivity contribution in [2.45, 2.75) is 13.1 Å². The average molecular weight is 495 g/mol. The van der Waals surface area contributed by atoms with Crippen LogP contribution < -0.4 is 0 Å². The number of piperazine rings is 1. The maximum absolute atomic E-state index is 13.9. The number of carbonyl (C=O) groups is 2. The zero-order valence-corrected chi connectivity index (χ0v) is 18.7. The van der Waals surface area contributed by atoms with Crippen LogP contribution in [0.5, 0.6) is 0 Å². The second kappa shape index (κ2) is 9.09. The van der Waals surface area contributed by atoms with E-state index >= 15 is 0 Å². The van der Waals surface area contributed by atoms with Crippen molar-refractivity contribution in [3.8, 4) is 5.69 Å². The Hall–Kier alpha value is -3.40. The van der Waals surface area contributed by atoms with E-state index in [1.807, 2.05) is 0 Å². The average Bonchev–Trinajstić information content (AvgIpc) is 3.25. The standard InChI is InChI=1S/C23H19ClF4N4O2/c1-14-2-5-16(6-3-14)32-20(23(26,27)28)18(13-29-32)22(34)31-10-8-30(9-11-31)21(33)17-7-4-15(25)12-19(17)24/h2-7,12-13H,8-11H2,1H3. The Labute approximate surface area is 197 Å². The van der Waals surface area contributed by atoms with Crippen molar-refractivity contribution in [2.75, 3.05) is 26.2 Å². The molecule has 1 saturated heterocycles. The van der Waals surface area contributed by atoms with Gasteiger partial charge in [0.05, 0.1) is 28.0 Å². The highest BCUT2D eigenvalue weighted by Crippen LogP contribution is 2.34. The summed E-state index contributed by atoms with van der Waals surface area (Å²) in [6.45, 7) is 2.03. The second-order valence-corrected chi connectivity index (χ2v) is 8.27. The van der Waals surface area contributed by atoms with Gasteiger partial charge in [-0.3, -0.25) is 9.59 Å². The molecule has 3 aromatic rings. The van der Waals surface area contributed by atoms with Crippen molar-refractivity contribution < 1.29 is 27.2 Å². The zero-order valence-electron chi connectivity index (χ0n) is 17.9. The van der Waals surface area contributed by atoms with Gasteiger partial charge in [0.2, 0.25) is 0 Å². The molecule has 1 aromatic heterocycles. The molecule has 178 valence electrons. The molecule has 2 heterocycles. The number of aryl methyl sites for hydroxylation is 1. The van der Waals surface area contributed by atoms with Crippen molar-refractivity contribution in [2.24, 2.45) is 0 Å². The van der Waals surface area contributed by atoms with E-state index in [0.29, 0.717) is 4.68 Å². The summed E-state index contributed by atoms with van der Waals surface area (Å²) in [7, 11) is 0. The minimum absolute atomic E-state index is 0.0242. The van der Waals surface area contributed by atoms with Crippen LogP contribution in [0.4, 0.5) is 17.6 Å². The molecule has 2 aromatic carbocycles. The van der Waals surface area contributed by atoms with E-state index in [-0.39, 0.29) is 42.5 Å². The summed E-state index contributed by atoms with van der Waals surface area (Å²) < 4.78 is 55.8. The summed E-state index contributed by atoms with van der Waals surface area (Å²) >= 11 is 5.96. The molecule has 1 aliphatic heterocycles. The SMILES string of the molecule is Cc1ccc(-n2ncc(C(=O)N3CCN(C(=O)c4ccc(F)cc4Cl)CC3)c2C(F)(F)F)cc1. The molecular formula is C23H19ClF4N4O2. The lowest BCUT2D eigenvalue weighted by Crippen LogP contribution is -2.50. The molecule has 0 aliphatic carbocycles. The van der Waals surface area contributed by atoms with Gasteiger partial charge in [-0.1, -0.05) is 29.3 Å². The predicted molar refractivity (Wildman–Crippen MR) is 117 cm³/mol. The quantitative estimate of drug-likeness (QED) is 0.500. The molecule has 0 saturated carbocycles. The Bertz CT molecular complexity index is 1230. The van der Waals surface area contributed by atoms with Crippen LogP contribution in [0.3, 0.4) is 0 Å². The van der Waals surface area contributed by atoms with Gasteiger partial charge < -0.3 is 9.80 Å². The van der Waals surface area contributed by atoms with Gasteiger partial charge in [0.25, 0.3) is 11.8 Å². The topological polar surface area (TPSA) is 58.4 Å². The number of alkyl halides is 3. The number of amides is 2. The molecule has 1 aliphatic rings. The fourth-order valence-electron chi connectivity index (χ4n) is 3.78. The van der Waals surface area contributed by atoms with Gasteiger partial charge in [-0.2, -0.15) is 18.3 Å². The Morgan fingerprint density at radius 1 is 0.912 bits per heavy atom. The predicted octanol–water partition coefficient (Wildman–Crippen LogP) is 4.59. The molecule has 11 heteroatoms. The van der Waals surface area contributed by atoms with Crippen LogP contribution in [-0.4, -0.2) is 57.6 Å². The van der Waals surface area contributed by atoms with E-state index < -0.39 is 35.1 Å². The van der Waals surface area contributed by atoms with Gasteiger partial charge >= 0.3 is 6.18 Å². The molecule has 0 bridgehead atoms. The van der Waals surface area contributed by atoms with E-state index in [1.165, 1.54) is 28.0 Å². The highest BCUT2D eigenvalue weighted by Gasteiger charge is 2.42. The summed E-state index contributed by atoms with van der Waals surface area (Å²) in [5, 5.41) is 3.80. The maximum atomic E-state index is 13.9. The maximum Gasteiger partial charge on any atom is 0.434 e. The molecule has 4 rings (SSSR count). The van der Waals surface area contributed by atoms with Crippen LogP contribution in [0.25, 0.3) is 5.69 Å². The fraction of sp³-hybridized carbons (Fsp3) is 0.261. The van der Waals surface area contributed by atoms with Crippen molar-refractivity contribution in [3.63, 3.8) is 0 Å². The van der Waals surface area contributed by atoms with Crippen LogP contribution in [0.15, 0.2) is 48.7 Å². The zero-order chi connectivity index (χ0) is 24.6. The summed E-state index contributed by atoms with van der Waals surface area (Å²) in [6.07, 6.45) is -3.90. The number of carbonyl (C=O) groups excluding carboxylic acids is 2. The molecule has 0 unspecified atom stereocenters. The van der Waals surface area contributed by atoms with Crippen molar-refractivity contribution in [3.05, 3.63) is 81.9 Å². The Morgan fingerprint density at radius 2 is 1.47 bits per heavy atom. The lowest BCUT2D eigenvalue weighted by Gasteiger charge is -2.35. The van der Waals surface area contributed by atoms with E-state index in [2.05, 4.69) is 5.10 Å². The van der Waals surface area contributed by atoms with E-state index in [0.717, 1.165) is 23.9 Å². The summed E-state index contributed by atoms with van der Waals surface area (Å²) in [4.78, 5) is 28.4. The Kier molecular flexibility index (Phi) is 6.35. The van der Waals surface area contributed by atoms with Gasteiger partial charge in [-0.05, 0) is 37.3 Å². The molecule has 0 radical (unpaired) electrons. The molecule has 34 heavy (non-hydrogen) atoms. The molecular weight excluding hydrogens is 476 g/mol. The smallest absolute Gasteiger partial charge is 0.335 e. The summed E-state index contributed by atoms with van der Waals surface area (Å²) in [5.74, 6) is -1.85. The molecule has 6 nitrogen and oxygen atoms in total. The highest BCUT2D eigenvalue weighted by atomic mass is 35.5. The summed E-state index contributed by atoms with van der Waals surface area (Å²) in [5.41, 5.74) is -0.548. The number of hydrogen-bond donors (Lipinski definition) is 0. The number of halogens is 5. The lowest BCUT2D eigenvalue weighted by atomic mass is 10.1. The first-order chi connectivity index (χ1) is 16.1. The number of nitrogens with zero attached hydrogens (tertiary/aromatic N) is 4. The number of aromatic nitrogens is 2. The third kappa shape index (κ3) is 4.63. The number of benzene rings is 2. The van der Waals surface area contributed by atoms with Crippen LogP contribution in [0, 0.1) is 12.7 Å². The van der Waals surface area contributed by atoms with Crippen molar-refractivity contribution in [1.29, 1.82) is 0 Å². The van der Waals surface area contributed by atoms with Crippen LogP contribution in [0.2, 0.25) is 5.02 Å². The lowest BCUT2D eigenvalue weighted by molar-refractivity contribution is -0.143. The van der Waals surface area contributed by atoms with Crippen LogP contribution in [0.1, 0.15) is 32.0 Å². The van der Waals surface area contributed by atoms with Gasteiger partial charge in [0.1, 0.15) is 5.82 Å². The second-order valence-electron chi connectivity index (χ2n) is 7.86. The molecule has 2 amide bonds. The Morgan fingerprint density at radius 3 is 2.00 bits per heavy atom. The third-order valence-corrected chi connectivity index (χ3v) is 5.88. The van der Waals surface area contributed by atoms with Crippen molar-refractivity contribution in [1.82, 2.24) is 19.6 Å². The van der Waals surface area contributed by atoms with E-state index in [1.54, 1.807) is 19.1 Å². The molecule has 0 spiro atoms. The van der Waals surface area contributed by atoms with Gasteiger partial charge in [-0.15, -0.1) is 0 Å². The fourth-order valence-corrected chi connectivity index (χ4v) is 4.02. The molecule has 1 fully saturated rings. The normalized spacial score (nSPS) is 14.4. The number of hydrogen-bond acceptors (Lipinski definition) is 3. The van der Waals surface area contributed by atoms with E-state index in [4.69, 9.17) is 11.6 Å². The minimum atomic E-state index is -4.82. The minimum Gasteiger partial charge on any atom is -0.335 e. The first-order valence-corrected chi connectivity index (χ1v) is 10.7. The largest absolute Gasteiger partial charge is 0.434 e. The molecule has 0 atom stereocenters. The van der Waals surface area contributed by atoms with Gasteiger partial charge in [0, 0.05) is 26.2 Å². The highest BCUT2D eigenvalue weighted by molar-refractivity contribution is 6.33. The van der Waals surface area contributed by atoms with Crippen LogP contribution >= 0.6 is 11.6 Å². The molecule has 0 N–H and O–H groups in total. The van der Waals surface area contributed by atoms with Crippen molar-refractivity contribution >= 4 is 23.4 Å². The first kappa shape index (κ1) is 23.7. The third-order valence-electron chi connectivity index (χ3n) is 5.56. The van der Waals surface area contributed by atoms with Gasteiger partial charge in [0.15, 0.2) is 5.69 Å². The monoisotopic (exact) mass is 494 g/mol. The number of rotatable bonds is 3.